The van der Waals surface area contributed by atoms with Gasteiger partial charge in [0.15, 0.2) is 0 Å². The van der Waals surface area contributed by atoms with Gasteiger partial charge in [0.25, 0.3) is 0 Å². The highest BCUT2D eigenvalue weighted by Crippen LogP contribution is 2.46. The highest BCUT2D eigenvalue weighted by atomic mass is 32.1. The van der Waals surface area contributed by atoms with Gasteiger partial charge in [0.1, 0.15) is 0 Å². The molecule has 5 aromatic heterocycles. The zero-order chi connectivity index (χ0) is 28.5. The van der Waals surface area contributed by atoms with Crippen LogP contribution in [-0.4, -0.2) is 4.98 Å². The van der Waals surface area contributed by atoms with Gasteiger partial charge in [0.05, 0.1) is 11.0 Å². The average Bonchev–Trinajstić information content (AvgIpc) is 3.76. The summed E-state index contributed by atoms with van der Waals surface area (Å²) in [6.45, 7) is 13.9. The van der Waals surface area contributed by atoms with Gasteiger partial charge in [-0.1, -0.05) is 53.7 Å². The van der Waals surface area contributed by atoms with Crippen LogP contribution >= 0.6 is 45.3 Å². The second kappa shape index (κ2) is 9.81. The summed E-state index contributed by atoms with van der Waals surface area (Å²) in [7, 11) is 0. The van der Waals surface area contributed by atoms with E-state index in [0.717, 1.165) is 0 Å². The minimum absolute atomic E-state index is 0.0359. The maximum atomic E-state index is 3.98. The maximum Gasteiger partial charge on any atom is 0.0553 e. The molecule has 41 heavy (non-hydrogen) atoms. The fourth-order valence-electron chi connectivity index (χ4n) is 5.43. The standard InChI is InChI=1S/C36H33NS4/c1-35(2,3)21-17-23-24-18-22(36(4,5)6)20-26(28-12-14-32(41-28)30-10-8-16-39-30)34(24)37-33(23)25(19-21)27-11-13-31(40-27)29-9-7-15-38-29/h7-20,37H,1-6H3. The zero-order valence-electron chi connectivity index (χ0n) is 24.2. The number of nitrogens with one attached hydrogen (secondary N) is 1. The Hall–Kier alpha value is -2.96. The van der Waals surface area contributed by atoms with Gasteiger partial charge in [-0.25, -0.2) is 0 Å². The summed E-state index contributed by atoms with van der Waals surface area (Å²) >= 11 is 7.40. The first-order chi connectivity index (χ1) is 19.6. The van der Waals surface area contributed by atoms with Crippen molar-refractivity contribution in [2.75, 3.05) is 0 Å². The molecule has 0 fully saturated rings. The van der Waals surface area contributed by atoms with Crippen molar-refractivity contribution in [3.8, 4) is 40.4 Å². The molecule has 0 amide bonds. The van der Waals surface area contributed by atoms with E-state index in [1.165, 1.54) is 73.3 Å². The minimum Gasteiger partial charge on any atom is -0.353 e. The predicted molar refractivity (Wildman–Crippen MR) is 186 cm³/mol. The molecular formula is C36H33NS4. The molecule has 206 valence electrons. The van der Waals surface area contributed by atoms with Crippen molar-refractivity contribution in [2.24, 2.45) is 0 Å². The number of H-pyrrole nitrogens is 1. The molecule has 7 aromatic rings. The molecule has 0 unspecified atom stereocenters. The first kappa shape index (κ1) is 26.9. The van der Waals surface area contributed by atoms with E-state index in [1.807, 2.05) is 45.3 Å². The minimum atomic E-state index is 0.0359. The maximum absolute atomic E-state index is 3.98. The summed E-state index contributed by atoms with van der Waals surface area (Å²) in [6, 6.07) is 27.6. The molecule has 0 radical (unpaired) electrons. The van der Waals surface area contributed by atoms with Crippen LogP contribution in [0.2, 0.25) is 0 Å². The molecule has 0 aliphatic heterocycles. The Morgan fingerprint density at radius 3 is 1.27 bits per heavy atom. The Kier molecular flexibility index (Phi) is 6.44. The first-order valence-electron chi connectivity index (χ1n) is 14.0. The van der Waals surface area contributed by atoms with Crippen molar-refractivity contribution in [3.05, 3.63) is 94.7 Å². The number of fused-ring (bicyclic) bond motifs is 3. The van der Waals surface area contributed by atoms with Crippen LogP contribution in [0, 0.1) is 0 Å². The largest absolute Gasteiger partial charge is 0.353 e. The topological polar surface area (TPSA) is 15.8 Å². The van der Waals surface area contributed by atoms with E-state index in [0.29, 0.717) is 0 Å². The Balaban J connectivity index is 1.52. The molecule has 0 saturated carbocycles. The van der Waals surface area contributed by atoms with Gasteiger partial charge in [0, 0.05) is 51.2 Å². The number of rotatable bonds is 4. The summed E-state index contributed by atoms with van der Waals surface area (Å²) in [6.07, 6.45) is 0. The van der Waals surface area contributed by atoms with Gasteiger partial charge in [-0.05, 0) is 93.4 Å². The third-order valence-electron chi connectivity index (χ3n) is 7.82. The zero-order valence-corrected chi connectivity index (χ0v) is 27.5. The smallest absolute Gasteiger partial charge is 0.0553 e. The van der Waals surface area contributed by atoms with Crippen LogP contribution in [0.4, 0.5) is 0 Å². The predicted octanol–water partition coefficient (Wildman–Crippen LogP) is 12.8. The van der Waals surface area contributed by atoms with E-state index in [9.17, 15) is 0 Å². The number of hydrogen-bond donors (Lipinski definition) is 1. The molecular weight excluding hydrogens is 575 g/mol. The second-order valence-electron chi connectivity index (χ2n) is 12.8. The van der Waals surface area contributed by atoms with Gasteiger partial charge in [0.2, 0.25) is 0 Å². The van der Waals surface area contributed by atoms with Crippen LogP contribution in [0.3, 0.4) is 0 Å². The molecule has 0 aliphatic rings. The van der Waals surface area contributed by atoms with Crippen LogP contribution in [0.1, 0.15) is 52.7 Å². The van der Waals surface area contributed by atoms with E-state index in [4.69, 9.17) is 0 Å². The van der Waals surface area contributed by atoms with Gasteiger partial charge >= 0.3 is 0 Å². The van der Waals surface area contributed by atoms with E-state index in [2.05, 4.69) is 130 Å². The van der Waals surface area contributed by atoms with Crippen molar-refractivity contribution in [1.82, 2.24) is 4.98 Å². The molecule has 1 nitrogen and oxygen atoms in total. The Morgan fingerprint density at radius 1 is 0.488 bits per heavy atom. The van der Waals surface area contributed by atoms with E-state index in [-0.39, 0.29) is 10.8 Å². The molecule has 0 bridgehead atoms. The lowest BCUT2D eigenvalue weighted by Crippen LogP contribution is -2.11. The van der Waals surface area contributed by atoms with Gasteiger partial charge in [-0.15, -0.1) is 45.3 Å². The first-order valence-corrected chi connectivity index (χ1v) is 17.4. The molecule has 5 heteroatoms. The fraction of sp³-hybridized carbons (Fsp3) is 0.222. The second-order valence-corrected chi connectivity index (χ2v) is 16.9. The van der Waals surface area contributed by atoms with Gasteiger partial charge in [-0.3, -0.25) is 0 Å². The van der Waals surface area contributed by atoms with E-state index < -0.39 is 0 Å². The lowest BCUT2D eigenvalue weighted by Gasteiger charge is -2.21. The third kappa shape index (κ3) is 4.83. The van der Waals surface area contributed by atoms with Crippen LogP contribution < -0.4 is 0 Å². The normalized spacial score (nSPS) is 12.6. The van der Waals surface area contributed by atoms with Crippen molar-refractivity contribution in [1.29, 1.82) is 0 Å². The highest BCUT2D eigenvalue weighted by molar-refractivity contribution is 7.23. The van der Waals surface area contributed by atoms with Crippen molar-refractivity contribution >= 4 is 67.2 Å². The molecule has 0 atom stereocenters. The van der Waals surface area contributed by atoms with Crippen LogP contribution in [0.5, 0.6) is 0 Å². The number of aromatic amines is 1. The lowest BCUT2D eigenvalue weighted by atomic mass is 9.83. The quantitative estimate of drug-likeness (QED) is 0.205. The molecule has 0 saturated heterocycles. The lowest BCUT2D eigenvalue weighted by molar-refractivity contribution is 0.590. The molecule has 5 heterocycles. The molecule has 0 spiro atoms. The van der Waals surface area contributed by atoms with Gasteiger partial charge in [-0.2, -0.15) is 0 Å². The van der Waals surface area contributed by atoms with Crippen LogP contribution in [-0.2, 0) is 10.8 Å². The van der Waals surface area contributed by atoms with Crippen molar-refractivity contribution in [2.45, 2.75) is 52.4 Å². The van der Waals surface area contributed by atoms with Crippen LogP contribution in [0.15, 0.2) is 83.6 Å². The molecule has 0 aliphatic carbocycles. The third-order valence-corrected chi connectivity index (χ3v) is 12.2. The average molecular weight is 608 g/mol. The molecule has 2 aromatic carbocycles. The van der Waals surface area contributed by atoms with Crippen molar-refractivity contribution < 1.29 is 0 Å². The van der Waals surface area contributed by atoms with Crippen molar-refractivity contribution in [3.63, 3.8) is 0 Å². The number of hydrogen-bond acceptors (Lipinski definition) is 4. The van der Waals surface area contributed by atoms with Crippen LogP contribution in [0.25, 0.3) is 62.2 Å². The Labute approximate surface area is 258 Å². The highest BCUT2D eigenvalue weighted by Gasteiger charge is 2.24. The van der Waals surface area contributed by atoms with E-state index >= 15 is 0 Å². The summed E-state index contributed by atoms with van der Waals surface area (Å²) in [4.78, 5) is 11.9. The number of benzene rings is 2. The summed E-state index contributed by atoms with van der Waals surface area (Å²) < 4.78 is 0. The SMILES string of the molecule is CC(C)(C)c1cc(-c2ccc(-c3cccs3)s2)c2[nH]c3c(-c4ccc(-c5cccs5)s4)cc(C(C)(C)C)cc3c2c1. The summed E-state index contributed by atoms with van der Waals surface area (Å²) in [5.41, 5.74) is 7.86. The molecule has 7 rings (SSSR count). The Bertz CT molecular complexity index is 1850. The van der Waals surface area contributed by atoms with E-state index in [1.54, 1.807) is 0 Å². The number of aromatic nitrogens is 1. The fourth-order valence-corrected chi connectivity index (χ4v) is 9.15. The number of thiophene rings is 4. The Morgan fingerprint density at radius 2 is 0.902 bits per heavy atom. The summed E-state index contributed by atoms with van der Waals surface area (Å²) in [5.74, 6) is 0. The monoisotopic (exact) mass is 607 g/mol. The summed E-state index contributed by atoms with van der Waals surface area (Å²) in [5, 5.41) is 6.95. The molecule has 1 N–H and O–H groups in total. The van der Waals surface area contributed by atoms with Gasteiger partial charge < -0.3 is 4.98 Å².